The van der Waals surface area contributed by atoms with Crippen molar-refractivity contribution in [3.05, 3.63) is 66.2 Å². The number of phenols is 2. The quantitative estimate of drug-likeness (QED) is 0.312. The van der Waals surface area contributed by atoms with Crippen LogP contribution in [0.2, 0.25) is 0 Å². The molecule has 1 aliphatic rings. The first-order valence-electron chi connectivity index (χ1n) is 10.2. The average molecular weight is 454 g/mol. The third-order valence-electron chi connectivity index (χ3n) is 5.57. The molecule has 3 aromatic rings. The van der Waals surface area contributed by atoms with Gasteiger partial charge in [0.2, 0.25) is 15.9 Å². The summed E-state index contributed by atoms with van der Waals surface area (Å²) < 4.78 is 27.5. The Morgan fingerprint density at radius 1 is 0.969 bits per heavy atom. The number of sulfonamides is 1. The average Bonchev–Trinajstić information content (AvgIpc) is 2.81. The lowest BCUT2D eigenvalue weighted by molar-refractivity contribution is -0.126. The Morgan fingerprint density at radius 2 is 1.69 bits per heavy atom. The molecule has 0 saturated carbocycles. The Balaban J connectivity index is 1.35. The van der Waals surface area contributed by atoms with Crippen LogP contribution in [0.25, 0.3) is 10.8 Å². The van der Waals surface area contributed by atoms with E-state index in [0.29, 0.717) is 18.4 Å². The first-order chi connectivity index (χ1) is 15.3. The lowest BCUT2D eigenvalue weighted by Gasteiger charge is -2.30. The zero-order valence-electron chi connectivity index (χ0n) is 17.2. The summed E-state index contributed by atoms with van der Waals surface area (Å²) in [6.45, 7) is 0.506. The van der Waals surface area contributed by atoms with Crippen LogP contribution in [0.5, 0.6) is 11.5 Å². The number of piperidine rings is 1. The van der Waals surface area contributed by atoms with Crippen LogP contribution in [-0.4, -0.2) is 48.1 Å². The molecule has 1 heterocycles. The van der Waals surface area contributed by atoms with Gasteiger partial charge in [-0.25, -0.2) is 13.8 Å². The first-order valence-corrected chi connectivity index (χ1v) is 11.6. The number of carbonyl (C=O) groups is 1. The van der Waals surface area contributed by atoms with Gasteiger partial charge in [0, 0.05) is 19.0 Å². The molecule has 1 fully saturated rings. The standard InChI is InChI=1S/C23H23N3O5S/c27-21-8-5-16(13-22(21)28)15-24-25-23(29)18-9-11-26(12-10-18)32(30,31)20-7-6-17-3-1-2-4-19(17)14-20/h1-8,13-15,18,27-28H,9-12H2,(H,25,29)/b24-15-. The highest BCUT2D eigenvalue weighted by Crippen LogP contribution is 2.27. The SMILES string of the molecule is O=C(N/N=C\c1ccc(O)c(O)c1)C1CCN(S(=O)(=O)c2ccc3ccccc3c2)CC1. The summed E-state index contributed by atoms with van der Waals surface area (Å²) in [4.78, 5) is 12.7. The molecule has 0 aliphatic carbocycles. The van der Waals surface area contributed by atoms with Gasteiger partial charge in [-0.05, 0) is 59.5 Å². The number of carbonyl (C=O) groups excluding carboxylic acids is 1. The molecule has 0 bridgehead atoms. The Morgan fingerprint density at radius 3 is 2.41 bits per heavy atom. The molecule has 1 saturated heterocycles. The molecule has 0 radical (unpaired) electrons. The van der Waals surface area contributed by atoms with Crippen LogP contribution in [-0.2, 0) is 14.8 Å². The van der Waals surface area contributed by atoms with Gasteiger partial charge in [-0.1, -0.05) is 30.3 Å². The summed E-state index contributed by atoms with van der Waals surface area (Å²) in [5.74, 6) is -1.15. The highest BCUT2D eigenvalue weighted by atomic mass is 32.2. The zero-order chi connectivity index (χ0) is 22.7. The summed E-state index contributed by atoms with van der Waals surface area (Å²) in [6.07, 6.45) is 2.15. The number of rotatable bonds is 5. The van der Waals surface area contributed by atoms with Crippen molar-refractivity contribution in [2.75, 3.05) is 13.1 Å². The number of nitrogens with zero attached hydrogens (tertiary/aromatic N) is 2. The molecule has 1 aliphatic heterocycles. The molecular weight excluding hydrogens is 430 g/mol. The van der Waals surface area contributed by atoms with Crippen molar-refractivity contribution >= 4 is 32.9 Å². The van der Waals surface area contributed by atoms with E-state index in [-0.39, 0.29) is 41.3 Å². The molecule has 1 amide bonds. The van der Waals surface area contributed by atoms with E-state index in [4.69, 9.17) is 0 Å². The van der Waals surface area contributed by atoms with Gasteiger partial charge >= 0.3 is 0 Å². The molecule has 3 N–H and O–H groups in total. The third-order valence-corrected chi connectivity index (χ3v) is 7.47. The molecule has 9 heteroatoms. The number of hydrogen-bond acceptors (Lipinski definition) is 6. The van der Waals surface area contributed by atoms with E-state index < -0.39 is 10.0 Å². The van der Waals surface area contributed by atoms with Crippen molar-refractivity contribution < 1.29 is 23.4 Å². The number of aromatic hydroxyl groups is 2. The van der Waals surface area contributed by atoms with Crippen LogP contribution >= 0.6 is 0 Å². The van der Waals surface area contributed by atoms with Crippen LogP contribution in [0.4, 0.5) is 0 Å². The number of nitrogens with one attached hydrogen (secondary N) is 1. The van der Waals surface area contributed by atoms with Crippen LogP contribution in [0.1, 0.15) is 18.4 Å². The Bertz CT molecular complexity index is 1280. The predicted molar refractivity (Wildman–Crippen MR) is 121 cm³/mol. The van der Waals surface area contributed by atoms with Crippen LogP contribution in [0, 0.1) is 5.92 Å². The highest BCUT2D eigenvalue weighted by molar-refractivity contribution is 7.89. The summed E-state index contributed by atoms with van der Waals surface area (Å²) in [5.41, 5.74) is 2.97. The lowest BCUT2D eigenvalue weighted by atomic mass is 9.98. The Hall–Kier alpha value is -3.43. The summed E-state index contributed by atoms with van der Waals surface area (Å²) in [6, 6.07) is 16.9. The molecule has 166 valence electrons. The van der Waals surface area contributed by atoms with E-state index in [1.165, 1.54) is 22.7 Å². The molecule has 32 heavy (non-hydrogen) atoms. The minimum atomic E-state index is -3.64. The minimum absolute atomic E-state index is 0.239. The predicted octanol–water partition coefficient (Wildman–Crippen LogP) is 2.80. The van der Waals surface area contributed by atoms with Gasteiger partial charge in [0.15, 0.2) is 11.5 Å². The van der Waals surface area contributed by atoms with E-state index >= 15 is 0 Å². The first kappa shape index (κ1) is 21.8. The number of fused-ring (bicyclic) bond motifs is 1. The van der Waals surface area contributed by atoms with Gasteiger partial charge in [0.25, 0.3) is 0 Å². The maximum Gasteiger partial charge on any atom is 0.243 e. The smallest absolute Gasteiger partial charge is 0.243 e. The second-order valence-electron chi connectivity index (χ2n) is 7.67. The fourth-order valence-electron chi connectivity index (χ4n) is 3.72. The maximum absolute atomic E-state index is 13.1. The molecule has 0 atom stereocenters. The molecule has 0 aromatic heterocycles. The normalized spacial score (nSPS) is 15.9. The topological polar surface area (TPSA) is 119 Å². The summed E-state index contributed by atoms with van der Waals surface area (Å²) in [5, 5.41) is 24.5. The molecule has 8 nitrogen and oxygen atoms in total. The van der Waals surface area contributed by atoms with Gasteiger partial charge < -0.3 is 10.2 Å². The molecule has 0 unspecified atom stereocenters. The van der Waals surface area contributed by atoms with Crippen molar-refractivity contribution in [2.24, 2.45) is 11.0 Å². The fourth-order valence-corrected chi connectivity index (χ4v) is 5.22. The Labute approximate surface area is 185 Å². The van der Waals surface area contributed by atoms with Crippen molar-refractivity contribution in [3.63, 3.8) is 0 Å². The van der Waals surface area contributed by atoms with E-state index in [9.17, 15) is 23.4 Å². The second kappa shape index (κ2) is 8.97. The van der Waals surface area contributed by atoms with E-state index in [2.05, 4.69) is 10.5 Å². The lowest BCUT2D eigenvalue weighted by Crippen LogP contribution is -2.42. The van der Waals surface area contributed by atoms with Crippen molar-refractivity contribution in [1.29, 1.82) is 0 Å². The van der Waals surface area contributed by atoms with Crippen molar-refractivity contribution in [3.8, 4) is 11.5 Å². The molecular formula is C23H23N3O5S. The Kier molecular flexibility index (Phi) is 6.11. The van der Waals surface area contributed by atoms with Gasteiger partial charge in [0.05, 0.1) is 11.1 Å². The van der Waals surface area contributed by atoms with Gasteiger partial charge in [-0.3, -0.25) is 4.79 Å². The molecule has 0 spiro atoms. The maximum atomic E-state index is 13.1. The molecule has 4 rings (SSSR count). The summed E-state index contributed by atoms with van der Waals surface area (Å²) >= 11 is 0. The van der Waals surface area contributed by atoms with Crippen molar-refractivity contribution in [1.82, 2.24) is 9.73 Å². The monoisotopic (exact) mass is 453 g/mol. The van der Waals surface area contributed by atoms with E-state index in [1.54, 1.807) is 24.3 Å². The van der Waals surface area contributed by atoms with Gasteiger partial charge in [0.1, 0.15) is 0 Å². The zero-order valence-corrected chi connectivity index (χ0v) is 18.0. The second-order valence-corrected chi connectivity index (χ2v) is 9.61. The van der Waals surface area contributed by atoms with Crippen LogP contribution in [0.15, 0.2) is 70.7 Å². The highest BCUT2D eigenvalue weighted by Gasteiger charge is 2.32. The van der Waals surface area contributed by atoms with Crippen LogP contribution in [0.3, 0.4) is 0 Å². The van der Waals surface area contributed by atoms with Gasteiger partial charge in [-0.2, -0.15) is 9.41 Å². The van der Waals surface area contributed by atoms with Gasteiger partial charge in [-0.15, -0.1) is 0 Å². The number of benzene rings is 3. The largest absolute Gasteiger partial charge is 0.504 e. The number of hydrazone groups is 1. The number of phenolic OH excluding ortho intramolecular Hbond substituents is 2. The third kappa shape index (κ3) is 4.58. The summed E-state index contributed by atoms with van der Waals surface area (Å²) in [7, 11) is -3.64. The molecule has 3 aromatic carbocycles. The fraction of sp³-hybridized carbons (Fsp3) is 0.217. The van der Waals surface area contributed by atoms with E-state index in [1.807, 2.05) is 24.3 Å². The number of hydrogen-bond donors (Lipinski definition) is 3. The van der Waals surface area contributed by atoms with E-state index in [0.717, 1.165) is 10.8 Å². The van der Waals surface area contributed by atoms with Crippen LogP contribution < -0.4 is 5.43 Å². The minimum Gasteiger partial charge on any atom is -0.504 e. The number of amides is 1. The van der Waals surface area contributed by atoms with Crippen molar-refractivity contribution in [2.45, 2.75) is 17.7 Å².